The van der Waals surface area contributed by atoms with E-state index < -0.39 is 0 Å². The number of hydrogen-bond acceptors (Lipinski definition) is 2. The number of nitrogens with zero attached hydrogens (tertiary/aromatic N) is 2. The van der Waals surface area contributed by atoms with Crippen molar-refractivity contribution in [3.63, 3.8) is 0 Å². The van der Waals surface area contributed by atoms with E-state index in [4.69, 9.17) is 0 Å². The first-order valence-electron chi connectivity index (χ1n) is 19.4. The van der Waals surface area contributed by atoms with E-state index in [1.807, 2.05) is 11.3 Å². The predicted octanol–water partition coefficient (Wildman–Crippen LogP) is 15.6. The van der Waals surface area contributed by atoms with E-state index >= 15 is 0 Å². The largest absolute Gasteiger partial charge is 0.310 e. The molecule has 0 atom stereocenters. The van der Waals surface area contributed by atoms with Gasteiger partial charge in [0.25, 0.3) is 0 Å². The van der Waals surface area contributed by atoms with Crippen molar-refractivity contribution in [3.8, 4) is 39.1 Å². The molecular weight excluding hydrogens is 709 g/mol. The van der Waals surface area contributed by atoms with Crippen molar-refractivity contribution in [2.45, 2.75) is 0 Å². The average Bonchev–Trinajstić information content (AvgIpc) is 3.83. The lowest BCUT2D eigenvalue weighted by atomic mass is 9.95. The van der Waals surface area contributed by atoms with E-state index in [-0.39, 0.29) is 0 Å². The van der Waals surface area contributed by atoms with E-state index in [0.717, 1.165) is 39.4 Å². The minimum absolute atomic E-state index is 1.10. The monoisotopic (exact) mass is 744 g/mol. The molecule has 0 amide bonds. The van der Waals surface area contributed by atoms with Gasteiger partial charge in [-0.2, -0.15) is 0 Å². The van der Waals surface area contributed by atoms with Gasteiger partial charge in [0, 0.05) is 53.4 Å². The highest BCUT2D eigenvalue weighted by Gasteiger charge is 2.21. The van der Waals surface area contributed by atoms with Gasteiger partial charge < -0.3 is 9.47 Å². The van der Waals surface area contributed by atoms with E-state index in [9.17, 15) is 0 Å². The molecule has 2 aromatic heterocycles. The normalized spacial score (nSPS) is 11.5. The topological polar surface area (TPSA) is 8.17 Å². The fraction of sp³-hybridized carbons (Fsp3) is 0. The zero-order valence-corrected chi connectivity index (χ0v) is 31.9. The quantitative estimate of drug-likeness (QED) is 0.158. The molecule has 268 valence electrons. The van der Waals surface area contributed by atoms with E-state index in [2.05, 4.69) is 228 Å². The first-order valence-corrected chi connectivity index (χ1v) is 20.2. The lowest BCUT2D eigenvalue weighted by Gasteiger charge is -2.29. The number of rotatable bonds is 7. The van der Waals surface area contributed by atoms with Crippen molar-refractivity contribution >= 4 is 70.4 Å². The van der Waals surface area contributed by atoms with Gasteiger partial charge in [0.05, 0.1) is 22.4 Å². The maximum atomic E-state index is 2.44. The van der Waals surface area contributed by atoms with Crippen LogP contribution in [0, 0.1) is 0 Å². The molecule has 3 heteroatoms. The maximum absolute atomic E-state index is 2.44. The summed E-state index contributed by atoms with van der Waals surface area (Å²) in [5.41, 5.74) is 14.0. The summed E-state index contributed by atoms with van der Waals surface area (Å²) in [4.78, 5) is 2.44. The van der Waals surface area contributed by atoms with Crippen LogP contribution in [0.1, 0.15) is 0 Å². The summed E-state index contributed by atoms with van der Waals surface area (Å²) in [6.45, 7) is 0. The summed E-state index contributed by atoms with van der Waals surface area (Å²) in [5.74, 6) is 0. The lowest BCUT2D eigenvalue weighted by Crippen LogP contribution is -2.11. The molecule has 0 saturated carbocycles. The minimum atomic E-state index is 1.10. The maximum Gasteiger partial charge on any atom is 0.0541 e. The Hall–Kier alpha value is -7.20. The highest BCUT2D eigenvalue weighted by molar-refractivity contribution is 7.25. The first-order chi connectivity index (χ1) is 28.3. The highest BCUT2D eigenvalue weighted by atomic mass is 32.1. The average molecular weight is 745 g/mol. The molecule has 57 heavy (non-hydrogen) atoms. The molecule has 0 spiro atoms. The van der Waals surface area contributed by atoms with Crippen molar-refractivity contribution in [1.29, 1.82) is 0 Å². The van der Waals surface area contributed by atoms with Crippen LogP contribution in [0.25, 0.3) is 81.0 Å². The Morgan fingerprint density at radius 1 is 0.333 bits per heavy atom. The molecular formula is C54H36N2S. The van der Waals surface area contributed by atoms with E-state index in [0.29, 0.717) is 0 Å². The lowest BCUT2D eigenvalue weighted by molar-refractivity contribution is 1.18. The second-order valence-electron chi connectivity index (χ2n) is 14.5. The molecule has 0 aliphatic heterocycles. The number of anilines is 3. The summed E-state index contributed by atoms with van der Waals surface area (Å²) in [5, 5.41) is 5.08. The van der Waals surface area contributed by atoms with Crippen LogP contribution in [0.2, 0.25) is 0 Å². The second kappa shape index (κ2) is 13.8. The molecule has 9 aromatic carbocycles. The molecule has 0 saturated heterocycles. The Morgan fingerprint density at radius 3 is 1.61 bits per heavy atom. The molecule has 0 bridgehead atoms. The van der Waals surface area contributed by atoms with Gasteiger partial charge in [0.2, 0.25) is 0 Å². The second-order valence-corrected chi connectivity index (χ2v) is 15.6. The van der Waals surface area contributed by atoms with Crippen LogP contribution in [0.4, 0.5) is 17.1 Å². The fourth-order valence-electron chi connectivity index (χ4n) is 8.56. The van der Waals surface area contributed by atoms with Crippen molar-refractivity contribution in [2.24, 2.45) is 0 Å². The highest BCUT2D eigenvalue weighted by Crippen LogP contribution is 2.46. The minimum Gasteiger partial charge on any atom is -0.310 e. The van der Waals surface area contributed by atoms with E-state index in [1.165, 1.54) is 58.7 Å². The Labute approximate surface area is 335 Å². The molecule has 0 aliphatic rings. The summed E-state index contributed by atoms with van der Waals surface area (Å²) in [7, 11) is 0. The standard InChI is InChI=1S/C54H36N2S/c1-3-15-37(16-4-1)38-27-30-41(31-28-38)55(42-32-34-54-48(36-42)46-22-10-14-26-53(46)57-54)52-33-29-40(35-47(52)39-17-5-2-6-18-39)43-19-7-11-23-49(43)56-50-24-12-8-20-44(50)45-21-9-13-25-51(45)56/h1-36H. The van der Waals surface area contributed by atoms with Gasteiger partial charge in [-0.25, -0.2) is 0 Å². The molecule has 0 aliphatic carbocycles. The van der Waals surface area contributed by atoms with Gasteiger partial charge in [-0.3, -0.25) is 0 Å². The molecule has 0 radical (unpaired) electrons. The van der Waals surface area contributed by atoms with Crippen molar-refractivity contribution in [2.75, 3.05) is 4.90 Å². The van der Waals surface area contributed by atoms with Crippen LogP contribution in [0.3, 0.4) is 0 Å². The number of benzene rings is 9. The third-order valence-electron chi connectivity index (χ3n) is 11.2. The fourth-order valence-corrected chi connectivity index (χ4v) is 9.64. The predicted molar refractivity (Wildman–Crippen MR) is 245 cm³/mol. The van der Waals surface area contributed by atoms with Crippen molar-refractivity contribution in [1.82, 2.24) is 4.57 Å². The summed E-state index contributed by atoms with van der Waals surface area (Å²) in [6.07, 6.45) is 0. The van der Waals surface area contributed by atoms with Gasteiger partial charge in [0.15, 0.2) is 0 Å². The first kappa shape index (κ1) is 33.2. The Kier molecular flexibility index (Phi) is 8.04. The summed E-state index contributed by atoms with van der Waals surface area (Å²) < 4.78 is 5.02. The Balaban J connectivity index is 1.13. The summed E-state index contributed by atoms with van der Waals surface area (Å²) >= 11 is 1.85. The van der Waals surface area contributed by atoms with Gasteiger partial charge in [0.1, 0.15) is 0 Å². The Morgan fingerprint density at radius 2 is 0.877 bits per heavy atom. The van der Waals surface area contributed by atoms with Crippen LogP contribution in [-0.4, -0.2) is 4.57 Å². The number of hydrogen-bond donors (Lipinski definition) is 0. The van der Waals surface area contributed by atoms with Gasteiger partial charge in [-0.1, -0.05) is 152 Å². The molecule has 0 N–H and O–H groups in total. The van der Waals surface area contributed by atoms with Gasteiger partial charge >= 0.3 is 0 Å². The molecule has 2 heterocycles. The molecule has 0 unspecified atom stereocenters. The van der Waals surface area contributed by atoms with Crippen molar-refractivity contribution in [3.05, 3.63) is 218 Å². The van der Waals surface area contributed by atoms with Crippen molar-refractivity contribution < 1.29 is 0 Å². The number of fused-ring (bicyclic) bond motifs is 6. The zero-order chi connectivity index (χ0) is 37.7. The molecule has 11 rings (SSSR count). The van der Waals surface area contributed by atoms with Gasteiger partial charge in [-0.15, -0.1) is 11.3 Å². The van der Waals surface area contributed by atoms with Crippen LogP contribution in [0.15, 0.2) is 218 Å². The SMILES string of the molecule is c1ccc(-c2ccc(N(c3ccc4sc5ccccc5c4c3)c3ccc(-c4ccccc4-n4c5ccccc5c5ccccc54)cc3-c3ccccc3)cc2)cc1. The third kappa shape index (κ3) is 5.71. The van der Waals surface area contributed by atoms with Gasteiger partial charge in [-0.05, 0) is 89.0 Å². The molecule has 0 fully saturated rings. The van der Waals surface area contributed by atoms with Crippen LogP contribution < -0.4 is 4.90 Å². The van der Waals surface area contributed by atoms with E-state index in [1.54, 1.807) is 0 Å². The summed E-state index contributed by atoms with van der Waals surface area (Å²) in [6, 6.07) is 79.5. The number of aromatic nitrogens is 1. The van der Waals surface area contributed by atoms with Crippen LogP contribution in [-0.2, 0) is 0 Å². The smallest absolute Gasteiger partial charge is 0.0541 e. The number of thiophene rings is 1. The molecule has 11 aromatic rings. The zero-order valence-electron chi connectivity index (χ0n) is 31.1. The number of para-hydroxylation sites is 3. The molecule has 2 nitrogen and oxygen atoms in total. The Bertz CT molecular complexity index is 3180. The van der Waals surface area contributed by atoms with Crippen LogP contribution >= 0.6 is 11.3 Å². The third-order valence-corrected chi connectivity index (χ3v) is 12.4. The van der Waals surface area contributed by atoms with Crippen LogP contribution in [0.5, 0.6) is 0 Å².